The van der Waals surface area contributed by atoms with Crippen LogP contribution < -0.4 is 19.7 Å². The molecule has 3 aromatic rings. The van der Waals surface area contributed by atoms with E-state index in [4.69, 9.17) is 26.1 Å². The molecule has 0 spiro atoms. The lowest BCUT2D eigenvalue weighted by molar-refractivity contribution is 0.208. The fraction of sp³-hybridized carbons (Fsp3) is 0.333. The molecule has 1 aromatic heterocycles. The van der Waals surface area contributed by atoms with Crippen LogP contribution >= 0.6 is 22.9 Å². The van der Waals surface area contributed by atoms with Crippen LogP contribution in [-0.4, -0.2) is 56.3 Å². The maximum Gasteiger partial charge on any atom is 0.322 e. The summed E-state index contributed by atoms with van der Waals surface area (Å²) in [5.41, 5.74) is 2.68. The van der Waals surface area contributed by atoms with Gasteiger partial charge in [-0.1, -0.05) is 29.0 Å². The van der Waals surface area contributed by atoms with Gasteiger partial charge in [-0.25, -0.2) is 9.78 Å². The molecule has 7 nitrogen and oxygen atoms in total. The van der Waals surface area contributed by atoms with E-state index in [0.717, 1.165) is 25.9 Å². The maximum atomic E-state index is 12.7. The Hall–Kier alpha value is -2.71. The van der Waals surface area contributed by atoms with Gasteiger partial charge in [-0.15, -0.1) is 0 Å². The Labute approximate surface area is 184 Å². The summed E-state index contributed by atoms with van der Waals surface area (Å²) in [7, 11) is 3.16. The summed E-state index contributed by atoms with van der Waals surface area (Å²) in [6, 6.07) is 9.06. The Bertz CT molecular complexity index is 1040. The second kappa shape index (κ2) is 8.57. The number of rotatable bonds is 4. The number of urea groups is 1. The number of hydrogen-bond donors (Lipinski definition) is 1. The molecular formula is C21H23ClN4O3S. The SMILES string of the molecule is COc1ccc(NC(=O)N2CCN(c3nc4c(C)ccc(Cl)c4s3)CC2)c(OC)c1. The fourth-order valence-electron chi connectivity index (χ4n) is 3.42. The van der Waals surface area contributed by atoms with Crippen LogP contribution in [0.5, 0.6) is 11.5 Å². The van der Waals surface area contributed by atoms with Crippen molar-refractivity contribution in [3.05, 3.63) is 40.9 Å². The second-order valence-electron chi connectivity index (χ2n) is 7.01. The monoisotopic (exact) mass is 446 g/mol. The first-order chi connectivity index (χ1) is 14.5. The lowest BCUT2D eigenvalue weighted by atomic mass is 10.2. The molecule has 1 aliphatic rings. The third-order valence-electron chi connectivity index (χ3n) is 5.17. The fourth-order valence-corrected chi connectivity index (χ4v) is 4.79. The van der Waals surface area contributed by atoms with E-state index < -0.39 is 0 Å². The first-order valence-electron chi connectivity index (χ1n) is 9.58. The zero-order valence-electron chi connectivity index (χ0n) is 17.1. The van der Waals surface area contributed by atoms with E-state index in [-0.39, 0.29) is 6.03 Å². The van der Waals surface area contributed by atoms with E-state index in [0.29, 0.717) is 43.4 Å². The van der Waals surface area contributed by atoms with Crippen LogP contribution in [0.25, 0.3) is 10.2 Å². The molecule has 30 heavy (non-hydrogen) atoms. The van der Waals surface area contributed by atoms with Crippen molar-refractivity contribution in [2.24, 2.45) is 0 Å². The molecule has 1 aliphatic heterocycles. The lowest BCUT2D eigenvalue weighted by Crippen LogP contribution is -2.50. The molecule has 1 saturated heterocycles. The number of piperazine rings is 1. The quantitative estimate of drug-likeness (QED) is 0.632. The third kappa shape index (κ3) is 3.97. The van der Waals surface area contributed by atoms with Gasteiger partial charge in [-0.3, -0.25) is 0 Å². The smallest absolute Gasteiger partial charge is 0.322 e. The normalized spacial score (nSPS) is 14.1. The zero-order chi connectivity index (χ0) is 21.3. The van der Waals surface area contributed by atoms with Crippen molar-refractivity contribution in [3.8, 4) is 11.5 Å². The molecule has 0 aliphatic carbocycles. The third-order valence-corrected chi connectivity index (χ3v) is 6.75. The average Bonchev–Trinajstić information content (AvgIpc) is 3.23. The number of aryl methyl sites for hydroxylation is 1. The van der Waals surface area contributed by atoms with Gasteiger partial charge in [0.05, 0.1) is 35.1 Å². The van der Waals surface area contributed by atoms with Crippen LogP contribution in [0, 0.1) is 6.92 Å². The van der Waals surface area contributed by atoms with Gasteiger partial charge in [0.1, 0.15) is 11.5 Å². The summed E-state index contributed by atoms with van der Waals surface area (Å²) in [5, 5.41) is 4.60. The van der Waals surface area contributed by atoms with Crippen molar-refractivity contribution in [1.29, 1.82) is 0 Å². The van der Waals surface area contributed by atoms with E-state index in [9.17, 15) is 4.79 Å². The van der Waals surface area contributed by atoms with E-state index >= 15 is 0 Å². The molecule has 1 N–H and O–H groups in total. The van der Waals surface area contributed by atoms with Gasteiger partial charge >= 0.3 is 6.03 Å². The number of hydrogen-bond acceptors (Lipinski definition) is 6. The number of halogens is 1. The van der Waals surface area contributed by atoms with Crippen molar-refractivity contribution < 1.29 is 14.3 Å². The maximum absolute atomic E-state index is 12.7. The van der Waals surface area contributed by atoms with Gasteiger partial charge < -0.3 is 24.6 Å². The van der Waals surface area contributed by atoms with Crippen molar-refractivity contribution in [1.82, 2.24) is 9.88 Å². The van der Waals surface area contributed by atoms with Gasteiger partial charge in [0, 0.05) is 32.2 Å². The number of aromatic nitrogens is 1. The van der Waals surface area contributed by atoms with E-state index in [1.807, 2.05) is 19.1 Å². The number of amides is 2. The summed E-state index contributed by atoms with van der Waals surface area (Å²) < 4.78 is 11.6. The Morgan fingerprint density at radius 3 is 2.57 bits per heavy atom. The van der Waals surface area contributed by atoms with Crippen molar-refractivity contribution >= 4 is 50.0 Å². The Balaban J connectivity index is 1.42. The largest absolute Gasteiger partial charge is 0.497 e. The molecule has 9 heteroatoms. The highest BCUT2D eigenvalue weighted by Crippen LogP contribution is 2.36. The minimum absolute atomic E-state index is 0.152. The molecule has 4 rings (SSSR count). The average molecular weight is 447 g/mol. The minimum atomic E-state index is -0.152. The summed E-state index contributed by atoms with van der Waals surface area (Å²) >= 11 is 7.94. The number of benzene rings is 2. The number of fused-ring (bicyclic) bond motifs is 1. The molecule has 0 radical (unpaired) electrons. The standard InChI is InChI=1S/C21H23ClN4O3S/c1-13-4-6-15(22)19-18(13)24-21(30-19)26-10-8-25(9-11-26)20(27)23-16-7-5-14(28-2)12-17(16)29-3/h4-7,12H,8-11H2,1-3H3,(H,23,27). The number of thiazole rings is 1. The van der Waals surface area contributed by atoms with Crippen LogP contribution in [0.4, 0.5) is 15.6 Å². The van der Waals surface area contributed by atoms with Gasteiger partial charge in [-0.2, -0.15) is 0 Å². The van der Waals surface area contributed by atoms with Crippen LogP contribution in [0.15, 0.2) is 30.3 Å². The van der Waals surface area contributed by atoms with Crippen molar-refractivity contribution in [2.75, 3.05) is 50.6 Å². The predicted octanol–water partition coefficient (Wildman–Crippen LogP) is 4.63. The van der Waals surface area contributed by atoms with Crippen LogP contribution in [0.2, 0.25) is 5.02 Å². The molecular weight excluding hydrogens is 424 g/mol. The Morgan fingerprint density at radius 2 is 1.90 bits per heavy atom. The minimum Gasteiger partial charge on any atom is -0.497 e. The molecule has 0 bridgehead atoms. The molecule has 0 atom stereocenters. The number of methoxy groups -OCH3 is 2. The van der Waals surface area contributed by atoms with Gasteiger partial charge in [0.15, 0.2) is 5.13 Å². The highest BCUT2D eigenvalue weighted by Gasteiger charge is 2.24. The topological polar surface area (TPSA) is 66.9 Å². The van der Waals surface area contributed by atoms with Crippen LogP contribution in [0.3, 0.4) is 0 Å². The molecule has 0 saturated carbocycles. The van der Waals surface area contributed by atoms with E-state index in [1.165, 1.54) is 0 Å². The Kier molecular flexibility index (Phi) is 5.87. The van der Waals surface area contributed by atoms with Gasteiger partial charge in [0.2, 0.25) is 0 Å². The highest BCUT2D eigenvalue weighted by molar-refractivity contribution is 7.22. The first kappa shape index (κ1) is 20.6. The van der Waals surface area contributed by atoms with E-state index in [1.54, 1.807) is 48.7 Å². The Morgan fingerprint density at radius 1 is 1.13 bits per heavy atom. The summed E-state index contributed by atoms with van der Waals surface area (Å²) in [6.45, 7) is 4.67. The molecule has 158 valence electrons. The first-order valence-corrected chi connectivity index (χ1v) is 10.8. The van der Waals surface area contributed by atoms with Crippen LogP contribution in [-0.2, 0) is 0 Å². The zero-order valence-corrected chi connectivity index (χ0v) is 18.6. The second-order valence-corrected chi connectivity index (χ2v) is 8.39. The number of nitrogens with zero attached hydrogens (tertiary/aromatic N) is 3. The number of carbonyl (C=O) groups is 1. The molecule has 2 amide bonds. The van der Waals surface area contributed by atoms with Crippen LogP contribution in [0.1, 0.15) is 5.56 Å². The van der Waals surface area contributed by atoms with Gasteiger partial charge in [0.25, 0.3) is 0 Å². The van der Waals surface area contributed by atoms with Crippen molar-refractivity contribution in [3.63, 3.8) is 0 Å². The number of carbonyl (C=O) groups excluding carboxylic acids is 1. The molecule has 2 heterocycles. The molecule has 2 aromatic carbocycles. The van der Waals surface area contributed by atoms with E-state index in [2.05, 4.69) is 10.2 Å². The predicted molar refractivity (Wildman–Crippen MR) is 122 cm³/mol. The molecule has 0 unspecified atom stereocenters. The summed E-state index contributed by atoms with van der Waals surface area (Å²) in [5.74, 6) is 1.23. The lowest BCUT2D eigenvalue weighted by Gasteiger charge is -2.34. The summed E-state index contributed by atoms with van der Waals surface area (Å²) in [6.07, 6.45) is 0. The number of nitrogens with one attached hydrogen (secondary N) is 1. The number of ether oxygens (including phenoxy) is 2. The molecule has 1 fully saturated rings. The highest BCUT2D eigenvalue weighted by atomic mass is 35.5. The van der Waals surface area contributed by atoms with Crippen molar-refractivity contribution in [2.45, 2.75) is 6.92 Å². The van der Waals surface area contributed by atoms with Gasteiger partial charge in [-0.05, 0) is 30.7 Å². The summed E-state index contributed by atoms with van der Waals surface area (Å²) in [4.78, 5) is 21.5. The number of anilines is 2.